The van der Waals surface area contributed by atoms with Gasteiger partial charge in [0, 0.05) is 18.0 Å². The van der Waals surface area contributed by atoms with Crippen molar-refractivity contribution >= 4 is 5.84 Å². The van der Waals surface area contributed by atoms with Gasteiger partial charge in [0.05, 0.1) is 0 Å². The van der Waals surface area contributed by atoms with Crippen molar-refractivity contribution < 1.29 is 5.21 Å². The van der Waals surface area contributed by atoms with Crippen LogP contribution in [-0.2, 0) is 0 Å². The van der Waals surface area contributed by atoms with E-state index in [1.165, 1.54) is 32.2 Å². The summed E-state index contributed by atoms with van der Waals surface area (Å²) in [5.74, 6) is 1.29. The van der Waals surface area contributed by atoms with Crippen LogP contribution in [0.1, 0.15) is 46.0 Å². The van der Waals surface area contributed by atoms with Crippen molar-refractivity contribution in [2.24, 2.45) is 22.2 Å². The van der Waals surface area contributed by atoms with E-state index in [0.717, 1.165) is 24.9 Å². The highest BCUT2D eigenvalue weighted by molar-refractivity contribution is 5.85. The molecule has 0 aromatic carbocycles. The Bertz CT molecular complexity index is 293. The monoisotopic (exact) mass is 239 g/mol. The Hall–Kier alpha value is -0.770. The van der Waals surface area contributed by atoms with E-state index < -0.39 is 0 Å². The number of oxime groups is 1. The maximum Gasteiger partial charge on any atom is 0.144 e. The molecule has 0 amide bonds. The number of nitrogens with zero attached hydrogens (tertiary/aromatic N) is 2. The largest absolute Gasteiger partial charge is 0.409 e. The second-order valence-corrected chi connectivity index (χ2v) is 6.29. The fourth-order valence-electron chi connectivity index (χ4n) is 2.18. The van der Waals surface area contributed by atoms with Gasteiger partial charge in [-0.15, -0.1) is 0 Å². The van der Waals surface area contributed by atoms with E-state index >= 15 is 0 Å². The normalized spacial score (nSPS) is 22.2. The molecule has 0 bridgehead atoms. The average molecular weight is 239 g/mol. The lowest BCUT2D eigenvalue weighted by atomic mass is 9.88. The van der Waals surface area contributed by atoms with Crippen molar-refractivity contribution in [3.63, 3.8) is 0 Å². The number of hydrogen-bond acceptors (Lipinski definition) is 3. The molecule has 3 N–H and O–H groups in total. The van der Waals surface area contributed by atoms with E-state index in [9.17, 15) is 0 Å². The SMILES string of the molecule is CC(C)(CCN(CC1CC1)C1CC1)C(N)=NO. The minimum atomic E-state index is -0.203. The molecule has 0 spiro atoms. The third-order valence-corrected chi connectivity index (χ3v) is 4.08. The first-order valence-electron chi connectivity index (χ1n) is 6.75. The molecular formula is C13H25N3O. The lowest BCUT2D eigenvalue weighted by Crippen LogP contribution is -2.37. The first-order chi connectivity index (χ1) is 8.03. The zero-order valence-electron chi connectivity index (χ0n) is 11.0. The third kappa shape index (κ3) is 3.60. The molecule has 2 aliphatic rings. The summed E-state index contributed by atoms with van der Waals surface area (Å²) in [6.07, 6.45) is 6.50. The molecule has 2 aliphatic carbocycles. The summed E-state index contributed by atoms with van der Waals surface area (Å²) in [5.41, 5.74) is 5.52. The molecule has 17 heavy (non-hydrogen) atoms. The number of rotatable bonds is 7. The van der Waals surface area contributed by atoms with E-state index in [1.807, 2.05) is 13.8 Å². The molecule has 0 aliphatic heterocycles. The van der Waals surface area contributed by atoms with Crippen molar-refractivity contribution in [2.45, 2.75) is 52.0 Å². The summed E-state index contributed by atoms with van der Waals surface area (Å²) in [4.78, 5) is 2.62. The van der Waals surface area contributed by atoms with Gasteiger partial charge in [-0.3, -0.25) is 0 Å². The molecule has 2 saturated carbocycles. The van der Waals surface area contributed by atoms with Crippen LogP contribution in [0.5, 0.6) is 0 Å². The average Bonchev–Trinajstić information content (AvgIpc) is 3.14. The van der Waals surface area contributed by atoms with Crippen molar-refractivity contribution in [3.05, 3.63) is 0 Å². The highest BCUT2D eigenvalue weighted by Crippen LogP contribution is 2.35. The van der Waals surface area contributed by atoms with Gasteiger partial charge >= 0.3 is 0 Å². The van der Waals surface area contributed by atoms with Gasteiger partial charge in [-0.2, -0.15) is 0 Å². The van der Waals surface area contributed by atoms with Crippen LogP contribution >= 0.6 is 0 Å². The third-order valence-electron chi connectivity index (χ3n) is 4.08. The Labute approximate surface area is 104 Å². The maximum absolute atomic E-state index is 8.76. The van der Waals surface area contributed by atoms with Crippen LogP contribution in [0.25, 0.3) is 0 Å². The molecule has 0 heterocycles. The predicted octanol–water partition coefficient (Wildman–Crippen LogP) is 2.02. The molecule has 2 rings (SSSR count). The molecule has 0 aromatic heterocycles. The summed E-state index contributed by atoms with van der Waals surface area (Å²) < 4.78 is 0. The lowest BCUT2D eigenvalue weighted by molar-refractivity contribution is 0.224. The van der Waals surface area contributed by atoms with Crippen molar-refractivity contribution in [1.29, 1.82) is 0 Å². The molecule has 0 atom stereocenters. The van der Waals surface area contributed by atoms with Gasteiger partial charge in [0.25, 0.3) is 0 Å². The summed E-state index contributed by atoms with van der Waals surface area (Å²) in [5, 5.41) is 11.9. The van der Waals surface area contributed by atoms with E-state index in [0.29, 0.717) is 5.84 Å². The highest BCUT2D eigenvalue weighted by atomic mass is 16.4. The first kappa shape index (κ1) is 12.7. The van der Waals surface area contributed by atoms with Gasteiger partial charge in [0.1, 0.15) is 5.84 Å². The second-order valence-electron chi connectivity index (χ2n) is 6.29. The Kier molecular flexibility index (Phi) is 3.61. The fraction of sp³-hybridized carbons (Fsp3) is 0.923. The lowest BCUT2D eigenvalue weighted by Gasteiger charge is -2.28. The van der Waals surface area contributed by atoms with Gasteiger partial charge in [-0.05, 0) is 44.6 Å². The van der Waals surface area contributed by atoms with Crippen LogP contribution in [0, 0.1) is 11.3 Å². The van der Waals surface area contributed by atoms with E-state index in [4.69, 9.17) is 10.9 Å². The van der Waals surface area contributed by atoms with Crippen molar-refractivity contribution in [2.75, 3.05) is 13.1 Å². The Morgan fingerprint density at radius 1 is 1.35 bits per heavy atom. The van der Waals surface area contributed by atoms with E-state index in [2.05, 4.69) is 10.1 Å². The standard InChI is InChI=1S/C13H25N3O/c1-13(2,12(14)15-17)7-8-16(11-5-6-11)9-10-3-4-10/h10-11,17H,3-9H2,1-2H3,(H2,14,15). The Morgan fingerprint density at radius 2 is 2.00 bits per heavy atom. The molecular weight excluding hydrogens is 214 g/mol. The van der Waals surface area contributed by atoms with Gasteiger partial charge < -0.3 is 15.8 Å². The summed E-state index contributed by atoms with van der Waals surface area (Å²) in [7, 11) is 0. The fourth-order valence-corrected chi connectivity index (χ4v) is 2.18. The first-order valence-corrected chi connectivity index (χ1v) is 6.75. The van der Waals surface area contributed by atoms with Crippen molar-refractivity contribution in [3.8, 4) is 0 Å². The molecule has 4 nitrogen and oxygen atoms in total. The summed E-state index contributed by atoms with van der Waals surface area (Å²) >= 11 is 0. The maximum atomic E-state index is 8.76. The second kappa shape index (κ2) is 4.84. The van der Waals surface area contributed by atoms with Crippen LogP contribution < -0.4 is 5.73 Å². The summed E-state index contributed by atoms with van der Waals surface area (Å²) in [6, 6.07) is 0.818. The predicted molar refractivity (Wildman–Crippen MR) is 69.1 cm³/mol. The van der Waals surface area contributed by atoms with Crippen LogP contribution in [0.4, 0.5) is 0 Å². The number of nitrogens with two attached hydrogens (primary N) is 1. The van der Waals surface area contributed by atoms with Crippen LogP contribution in [-0.4, -0.2) is 35.1 Å². The van der Waals surface area contributed by atoms with Crippen LogP contribution in [0.3, 0.4) is 0 Å². The minimum Gasteiger partial charge on any atom is -0.409 e. The quantitative estimate of drug-likeness (QED) is 0.309. The van der Waals surface area contributed by atoms with E-state index in [-0.39, 0.29) is 5.41 Å². The van der Waals surface area contributed by atoms with Gasteiger partial charge in [-0.1, -0.05) is 19.0 Å². The minimum absolute atomic E-state index is 0.203. The number of amidine groups is 1. The molecule has 0 unspecified atom stereocenters. The topological polar surface area (TPSA) is 61.8 Å². The van der Waals surface area contributed by atoms with Gasteiger partial charge in [0.15, 0.2) is 0 Å². The zero-order valence-corrected chi connectivity index (χ0v) is 11.0. The van der Waals surface area contributed by atoms with Crippen LogP contribution in [0.15, 0.2) is 5.16 Å². The highest BCUT2D eigenvalue weighted by Gasteiger charge is 2.34. The van der Waals surface area contributed by atoms with Crippen molar-refractivity contribution in [1.82, 2.24) is 4.90 Å². The van der Waals surface area contributed by atoms with E-state index in [1.54, 1.807) is 0 Å². The summed E-state index contributed by atoms with van der Waals surface area (Å²) in [6.45, 7) is 6.43. The van der Waals surface area contributed by atoms with Gasteiger partial charge in [-0.25, -0.2) is 0 Å². The number of hydrogen-bond donors (Lipinski definition) is 2. The molecule has 0 aromatic rings. The van der Waals surface area contributed by atoms with Crippen LogP contribution in [0.2, 0.25) is 0 Å². The molecule has 98 valence electrons. The zero-order chi connectivity index (χ0) is 12.5. The van der Waals surface area contributed by atoms with Gasteiger partial charge in [0.2, 0.25) is 0 Å². The smallest absolute Gasteiger partial charge is 0.144 e. The molecule has 0 radical (unpaired) electrons. The Balaban J connectivity index is 1.81. The molecule has 0 saturated heterocycles. The molecule has 2 fully saturated rings. The molecule has 4 heteroatoms. The Morgan fingerprint density at radius 3 is 2.47 bits per heavy atom.